The van der Waals surface area contributed by atoms with E-state index in [-0.39, 0.29) is 11.6 Å². The molecular formula is C13H16N4O5. The summed E-state index contributed by atoms with van der Waals surface area (Å²) < 4.78 is 0. The second-order valence-electron chi connectivity index (χ2n) is 4.78. The molecule has 0 fully saturated rings. The SMILES string of the molecule is CC(CO)N(C)[N+]([O-])=NOCN1C(=O)c2ccccc2C1=O. The number of aliphatic hydroxyl groups is 1. The van der Waals surface area contributed by atoms with Crippen LogP contribution in [0.1, 0.15) is 27.6 Å². The van der Waals surface area contributed by atoms with Gasteiger partial charge in [0.2, 0.25) is 12.0 Å². The summed E-state index contributed by atoms with van der Waals surface area (Å²) in [5, 5.41) is 24.8. The first-order chi connectivity index (χ1) is 10.5. The Balaban J connectivity index is 1.99. The Morgan fingerprint density at radius 1 is 1.36 bits per heavy atom. The molecule has 1 aromatic rings. The summed E-state index contributed by atoms with van der Waals surface area (Å²) in [5.41, 5.74) is 0.585. The normalized spacial score (nSPS) is 15.8. The fourth-order valence-corrected chi connectivity index (χ4v) is 1.83. The molecule has 2 rings (SSSR count). The zero-order chi connectivity index (χ0) is 16.3. The van der Waals surface area contributed by atoms with E-state index >= 15 is 0 Å². The molecule has 1 atom stereocenters. The predicted octanol–water partition coefficient (Wildman–Crippen LogP) is 0.362. The number of rotatable bonds is 6. The van der Waals surface area contributed by atoms with Gasteiger partial charge in [-0.05, 0) is 19.1 Å². The maximum Gasteiger partial charge on any atom is 0.264 e. The number of carbonyl (C=O) groups excluding carboxylic acids is 2. The second-order valence-corrected chi connectivity index (χ2v) is 4.78. The summed E-state index contributed by atoms with van der Waals surface area (Å²) in [6, 6.07) is 5.95. The number of fused-ring (bicyclic) bond motifs is 1. The molecule has 22 heavy (non-hydrogen) atoms. The van der Waals surface area contributed by atoms with Crippen molar-refractivity contribution in [3.63, 3.8) is 0 Å². The van der Waals surface area contributed by atoms with Crippen molar-refractivity contribution in [1.82, 2.24) is 9.91 Å². The van der Waals surface area contributed by atoms with E-state index < -0.39 is 24.6 Å². The molecular weight excluding hydrogens is 292 g/mol. The third-order valence-corrected chi connectivity index (χ3v) is 3.36. The summed E-state index contributed by atoms with van der Waals surface area (Å²) in [7, 11) is 1.42. The lowest BCUT2D eigenvalue weighted by atomic mass is 10.1. The largest absolute Gasteiger partial charge is 0.569 e. The molecule has 1 unspecified atom stereocenters. The molecule has 9 nitrogen and oxygen atoms in total. The van der Waals surface area contributed by atoms with Gasteiger partial charge in [-0.3, -0.25) is 9.59 Å². The number of likely N-dealkylation sites (N-methyl/N-ethyl adjacent to an activating group) is 1. The minimum atomic E-state index is -0.495. The Hall–Kier alpha value is -2.68. The number of benzene rings is 1. The van der Waals surface area contributed by atoms with Gasteiger partial charge in [0.1, 0.15) is 6.04 Å². The first kappa shape index (κ1) is 15.7. The summed E-state index contributed by atoms with van der Waals surface area (Å²) in [5.74, 6) is -0.990. The standard InChI is InChI=1S/C13H16N4O5/c1-9(7-18)15(2)17(21)14-22-8-16-12(19)10-5-3-4-6-11(10)13(16)20/h3-6,9,18H,7-8H2,1-2H3. The zero-order valence-corrected chi connectivity index (χ0v) is 12.2. The third-order valence-electron chi connectivity index (χ3n) is 3.36. The van der Waals surface area contributed by atoms with E-state index in [1.807, 2.05) is 0 Å². The predicted molar refractivity (Wildman–Crippen MR) is 73.3 cm³/mol. The van der Waals surface area contributed by atoms with Crippen LogP contribution in [0.15, 0.2) is 29.5 Å². The lowest BCUT2D eigenvalue weighted by Crippen LogP contribution is -2.37. The number of hydrazine groups is 1. The van der Waals surface area contributed by atoms with E-state index in [0.29, 0.717) is 11.1 Å². The lowest BCUT2D eigenvalue weighted by Gasteiger charge is -2.18. The van der Waals surface area contributed by atoms with Crippen molar-refractivity contribution >= 4 is 11.8 Å². The van der Waals surface area contributed by atoms with E-state index in [9.17, 15) is 14.8 Å². The Labute approximate surface area is 126 Å². The van der Waals surface area contributed by atoms with Crippen molar-refractivity contribution in [3.05, 3.63) is 40.6 Å². The van der Waals surface area contributed by atoms with Gasteiger partial charge in [-0.2, -0.15) is 0 Å². The molecule has 0 spiro atoms. The molecule has 0 saturated carbocycles. The first-order valence-electron chi connectivity index (χ1n) is 6.56. The smallest absolute Gasteiger partial charge is 0.264 e. The summed E-state index contributed by atoms with van der Waals surface area (Å²) in [6.07, 6.45) is 0. The van der Waals surface area contributed by atoms with Gasteiger partial charge < -0.3 is 15.2 Å². The van der Waals surface area contributed by atoms with Gasteiger partial charge in [0.05, 0.1) is 29.8 Å². The molecule has 0 aliphatic carbocycles. The average molecular weight is 308 g/mol. The highest BCUT2D eigenvalue weighted by Crippen LogP contribution is 2.22. The fourth-order valence-electron chi connectivity index (χ4n) is 1.83. The highest BCUT2D eigenvalue weighted by atomic mass is 16.7. The van der Waals surface area contributed by atoms with Crippen molar-refractivity contribution < 1.29 is 24.5 Å². The van der Waals surface area contributed by atoms with Crippen molar-refractivity contribution in [3.8, 4) is 0 Å². The van der Waals surface area contributed by atoms with Crippen LogP contribution in [0.4, 0.5) is 0 Å². The number of imide groups is 1. The first-order valence-corrected chi connectivity index (χ1v) is 6.56. The monoisotopic (exact) mass is 308 g/mol. The van der Waals surface area contributed by atoms with Crippen LogP contribution in [0, 0.1) is 5.21 Å². The quantitative estimate of drug-likeness (QED) is 0.352. The number of hydrogen-bond donors (Lipinski definition) is 1. The van der Waals surface area contributed by atoms with E-state index in [4.69, 9.17) is 9.94 Å². The van der Waals surface area contributed by atoms with Crippen LogP contribution in [-0.4, -0.2) is 58.2 Å². The van der Waals surface area contributed by atoms with Crippen LogP contribution < -0.4 is 0 Å². The number of amides is 2. The Morgan fingerprint density at radius 2 is 1.91 bits per heavy atom. The highest BCUT2D eigenvalue weighted by molar-refractivity contribution is 6.21. The Kier molecular flexibility index (Phi) is 4.56. The average Bonchev–Trinajstić information content (AvgIpc) is 2.78. The molecule has 1 N–H and O–H groups in total. The van der Waals surface area contributed by atoms with Crippen LogP contribution in [0.3, 0.4) is 0 Å². The molecule has 2 amide bonds. The van der Waals surface area contributed by atoms with E-state index in [1.165, 1.54) is 7.05 Å². The lowest BCUT2D eigenvalue weighted by molar-refractivity contribution is -0.712. The summed E-state index contributed by atoms with van der Waals surface area (Å²) in [4.78, 5) is 29.8. The number of nitrogens with zero attached hydrogens (tertiary/aromatic N) is 4. The molecule has 1 aliphatic heterocycles. The van der Waals surface area contributed by atoms with Gasteiger partial charge in [0.15, 0.2) is 0 Å². The van der Waals surface area contributed by atoms with Gasteiger partial charge in [-0.1, -0.05) is 12.1 Å². The van der Waals surface area contributed by atoms with Gasteiger partial charge in [-0.15, -0.1) is 5.01 Å². The zero-order valence-electron chi connectivity index (χ0n) is 12.2. The molecule has 1 aliphatic rings. The van der Waals surface area contributed by atoms with Gasteiger partial charge in [0.25, 0.3) is 11.8 Å². The topological polar surface area (TPSA) is 109 Å². The maximum absolute atomic E-state index is 12.0. The molecule has 118 valence electrons. The number of carbonyl (C=O) groups is 2. The fraction of sp³-hybridized carbons (Fsp3) is 0.385. The molecule has 0 bridgehead atoms. The van der Waals surface area contributed by atoms with E-state index in [2.05, 4.69) is 5.28 Å². The van der Waals surface area contributed by atoms with Crippen LogP contribution in [0.5, 0.6) is 0 Å². The van der Waals surface area contributed by atoms with Gasteiger partial charge in [0, 0.05) is 0 Å². The van der Waals surface area contributed by atoms with E-state index in [1.54, 1.807) is 31.2 Å². The molecule has 9 heteroatoms. The molecule has 1 aromatic carbocycles. The van der Waals surface area contributed by atoms with Crippen LogP contribution in [0.2, 0.25) is 0 Å². The maximum atomic E-state index is 12.0. The van der Waals surface area contributed by atoms with Crippen LogP contribution in [-0.2, 0) is 4.84 Å². The summed E-state index contributed by atoms with van der Waals surface area (Å²) >= 11 is 0. The Bertz CT molecular complexity index is 583. The number of aliphatic hydroxyl groups excluding tert-OH is 1. The Morgan fingerprint density at radius 3 is 2.41 bits per heavy atom. The number of hydrogen-bond acceptors (Lipinski definition) is 6. The van der Waals surface area contributed by atoms with Crippen LogP contribution >= 0.6 is 0 Å². The van der Waals surface area contributed by atoms with Gasteiger partial charge in [-0.25, -0.2) is 4.90 Å². The van der Waals surface area contributed by atoms with Crippen LogP contribution in [0.25, 0.3) is 0 Å². The molecule has 0 saturated heterocycles. The molecule has 0 aromatic heterocycles. The molecule has 0 radical (unpaired) electrons. The van der Waals surface area contributed by atoms with Crippen molar-refractivity contribution in [2.45, 2.75) is 13.0 Å². The van der Waals surface area contributed by atoms with Crippen molar-refractivity contribution in [2.75, 3.05) is 20.4 Å². The minimum Gasteiger partial charge on any atom is -0.569 e. The molecule has 1 heterocycles. The van der Waals surface area contributed by atoms with Gasteiger partial charge >= 0.3 is 0 Å². The summed E-state index contributed by atoms with van der Waals surface area (Å²) in [6.45, 7) is 0.917. The third kappa shape index (κ3) is 2.84. The van der Waals surface area contributed by atoms with E-state index in [0.717, 1.165) is 9.91 Å². The highest BCUT2D eigenvalue weighted by Gasteiger charge is 2.35. The van der Waals surface area contributed by atoms with Crippen molar-refractivity contribution in [1.29, 1.82) is 0 Å². The minimum absolute atomic E-state index is 0.138. The van der Waals surface area contributed by atoms with Crippen molar-refractivity contribution in [2.24, 2.45) is 5.28 Å². The second kappa shape index (κ2) is 6.39.